The Morgan fingerprint density at radius 2 is 2.23 bits per heavy atom. The minimum atomic E-state index is -1.01. The number of piperidine rings is 1. The number of aryl methyl sites for hydroxylation is 3. The van der Waals surface area contributed by atoms with E-state index in [0.717, 1.165) is 24.5 Å². The molecule has 0 aromatic carbocycles. The largest absolute Gasteiger partial charge is 0.386 e. The highest BCUT2D eigenvalue weighted by Gasteiger charge is 2.35. The SMILES string of the molecule is CCc1noc(C)c1C(=O)NCC1(O)CCCN(c2cc(C)ncn2)C1. The molecule has 26 heavy (non-hydrogen) atoms. The molecule has 0 bridgehead atoms. The summed E-state index contributed by atoms with van der Waals surface area (Å²) in [6.45, 7) is 6.94. The van der Waals surface area contributed by atoms with Crippen molar-refractivity contribution in [1.82, 2.24) is 20.4 Å². The Morgan fingerprint density at radius 1 is 1.42 bits per heavy atom. The van der Waals surface area contributed by atoms with E-state index in [1.54, 1.807) is 6.92 Å². The fourth-order valence-corrected chi connectivity index (χ4v) is 3.35. The van der Waals surface area contributed by atoms with Gasteiger partial charge in [0.2, 0.25) is 0 Å². The van der Waals surface area contributed by atoms with Crippen LogP contribution in [0.25, 0.3) is 0 Å². The van der Waals surface area contributed by atoms with Gasteiger partial charge in [-0.2, -0.15) is 0 Å². The van der Waals surface area contributed by atoms with Gasteiger partial charge in [-0.05, 0) is 33.1 Å². The summed E-state index contributed by atoms with van der Waals surface area (Å²) in [6.07, 6.45) is 3.59. The van der Waals surface area contributed by atoms with Crippen molar-refractivity contribution in [2.45, 2.75) is 45.6 Å². The summed E-state index contributed by atoms with van der Waals surface area (Å²) in [4.78, 5) is 23.0. The first-order valence-electron chi connectivity index (χ1n) is 8.91. The Hall–Kier alpha value is -2.48. The third-order valence-electron chi connectivity index (χ3n) is 4.74. The van der Waals surface area contributed by atoms with Gasteiger partial charge in [0.25, 0.3) is 5.91 Å². The topological polar surface area (TPSA) is 104 Å². The van der Waals surface area contributed by atoms with Gasteiger partial charge in [-0.15, -0.1) is 0 Å². The van der Waals surface area contributed by atoms with Gasteiger partial charge in [0.05, 0.1) is 11.3 Å². The van der Waals surface area contributed by atoms with Crippen LogP contribution in [0.5, 0.6) is 0 Å². The summed E-state index contributed by atoms with van der Waals surface area (Å²) in [5, 5.41) is 17.7. The zero-order valence-electron chi connectivity index (χ0n) is 15.4. The number of rotatable bonds is 5. The fourth-order valence-electron chi connectivity index (χ4n) is 3.35. The van der Waals surface area contributed by atoms with Crippen molar-refractivity contribution in [1.29, 1.82) is 0 Å². The molecule has 0 spiro atoms. The van der Waals surface area contributed by atoms with Gasteiger partial charge in [0.15, 0.2) is 0 Å². The number of nitrogens with one attached hydrogen (secondary N) is 1. The first-order chi connectivity index (χ1) is 12.4. The number of nitrogens with zero attached hydrogens (tertiary/aromatic N) is 4. The Balaban J connectivity index is 1.67. The summed E-state index contributed by atoms with van der Waals surface area (Å²) in [5.74, 6) is 1.03. The van der Waals surface area contributed by atoms with Crippen LogP contribution in [-0.2, 0) is 6.42 Å². The maximum Gasteiger partial charge on any atom is 0.256 e. The molecule has 8 nitrogen and oxygen atoms in total. The summed E-state index contributed by atoms with van der Waals surface area (Å²) in [5.41, 5.74) is 0.973. The van der Waals surface area contributed by atoms with Crippen molar-refractivity contribution in [2.24, 2.45) is 0 Å². The number of amides is 1. The molecule has 1 unspecified atom stereocenters. The molecule has 1 fully saturated rings. The molecule has 2 N–H and O–H groups in total. The van der Waals surface area contributed by atoms with E-state index in [2.05, 4.69) is 20.4 Å². The lowest BCUT2D eigenvalue weighted by atomic mass is 9.92. The van der Waals surface area contributed by atoms with Crippen LogP contribution in [0.1, 0.15) is 47.3 Å². The van der Waals surface area contributed by atoms with Crippen LogP contribution < -0.4 is 10.2 Å². The number of carbonyl (C=O) groups excluding carboxylic acids is 1. The summed E-state index contributed by atoms with van der Waals surface area (Å²) in [6, 6.07) is 1.90. The van der Waals surface area contributed by atoms with Crippen LogP contribution in [0, 0.1) is 13.8 Å². The third-order valence-corrected chi connectivity index (χ3v) is 4.74. The minimum Gasteiger partial charge on any atom is -0.386 e. The van der Waals surface area contributed by atoms with Gasteiger partial charge in [-0.1, -0.05) is 12.1 Å². The van der Waals surface area contributed by atoms with Crippen LogP contribution >= 0.6 is 0 Å². The molecule has 1 aliphatic heterocycles. The lowest BCUT2D eigenvalue weighted by molar-refractivity contribution is 0.0254. The number of aromatic nitrogens is 3. The Bertz CT molecular complexity index is 791. The lowest BCUT2D eigenvalue weighted by Gasteiger charge is -2.39. The van der Waals surface area contributed by atoms with Crippen LogP contribution in [0.2, 0.25) is 0 Å². The first kappa shape index (κ1) is 18.3. The highest BCUT2D eigenvalue weighted by atomic mass is 16.5. The van der Waals surface area contributed by atoms with Crippen molar-refractivity contribution in [3.8, 4) is 0 Å². The molecule has 1 atom stereocenters. The molecule has 0 saturated carbocycles. The van der Waals surface area contributed by atoms with Gasteiger partial charge in [0.1, 0.15) is 23.5 Å². The predicted molar refractivity (Wildman–Crippen MR) is 96.1 cm³/mol. The van der Waals surface area contributed by atoms with Gasteiger partial charge < -0.3 is 19.8 Å². The molecular weight excluding hydrogens is 334 g/mol. The van der Waals surface area contributed by atoms with Gasteiger partial charge in [-0.3, -0.25) is 4.79 Å². The molecule has 1 saturated heterocycles. The third kappa shape index (κ3) is 3.85. The molecule has 1 amide bonds. The van der Waals surface area contributed by atoms with E-state index in [-0.39, 0.29) is 12.5 Å². The number of anilines is 1. The number of β-amino-alcohol motifs (C(OH)–C–C–N with tert-alkyl or cyclic N) is 1. The zero-order valence-corrected chi connectivity index (χ0v) is 15.4. The van der Waals surface area contributed by atoms with Crippen molar-refractivity contribution in [2.75, 3.05) is 24.5 Å². The predicted octanol–water partition coefficient (Wildman–Crippen LogP) is 1.41. The van der Waals surface area contributed by atoms with Gasteiger partial charge in [0, 0.05) is 31.4 Å². The molecule has 3 rings (SSSR count). The lowest BCUT2D eigenvalue weighted by Crippen LogP contribution is -2.54. The van der Waals surface area contributed by atoms with E-state index in [0.29, 0.717) is 36.4 Å². The summed E-state index contributed by atoms with van der Waals surface area (Å²) >= 11 is 0. The van der Waals surface area contributed by atoms with Gasteiger partial charge >= 0.3 is 0 Å². The molecular formula is C18H25N5O3. The van der Waals surface area contributed by atoms with E-state index in [9.17, 15) is 9.90 Å². The second-order valence-corrected chi connectivity index (χ2v) is 6.86. The second kappa shape index (κ2) is 7.41. The van der Waals surface area contributed by atoms with Crippen molar-refractivity contribution < 1.29 is 14.4 Å². The van der Waals surface area contributed by atoms with Crippen LogP contribution in [0.3, 0.4) is 0 Å². The van der Waals surface area contributed by atoms with E-state index in [1.165, 1.54) is 6.33 Å². The average molecular weight is 359 g/mol. The van der Waals surface area contributed by atoms with E-state index in [1.807, 2.05) is 24.8 Å². The molecule has 8 heteroatoms. The van der Waals surface area contributed by atoms with Crippen LogP contribution in [0.4, 0.5) is 5.82 Å². The number of carbonyl (C=O) groups is 1. The molecule has 2 aromatic heterocycles. The normalized spacial score (nSPS) is 20.2. The maximum atomic E-state index is 12.5. The molecule has 0 aliphatic carbocycles. The highest BCUT2D eigenvalue weighted by molar-refractivity contribution is 5.96. The fraction of sp³-hybridized carbons (Fsp3) is 0.556. The van der Waals surface area contributed by atoms with Crippen molar-refractivity contribution >= 4 is 11.7 Å². The smallest absolute Gasteiger partial charge is 0.256 e. The van der Waals surface area contributed by atoms with E-state index in [4.69, 9.17) is 4.52 Å². The molecule has 0 radical (unpaired) electrons. The quantitative estimate of drug-likeness (QED) is 0.831. The Morgan fingerprint density at radius 3 is 2.96 bits per heavy atom. The standard InChI is InChI=1S/C18H25N5O3/c1-4-14-16(13(3)26-22-14)17(24)19-9-18(25)6-5-7-23(10-18)15-8-12(2)20-11-21-15/h8,11,25H,4-7,9-10H2,1-3H3,(H,19,24). The van der Waals surface area contributed by atoms with E-state index >= 15 is 0 Å². The molecule has 1 aliphatic rings. The first-order valence-corrected chi connectivity index (χ1v) is 8.91. The highest BCUT2D eigenvalue weighted by Crippen LogP contribution is 2.25. The second-order valence-electron chi connectivity index (χ2n) is 6.86. The van der Waals surface area contributed by atoms with E-state index < -0.39 is 5.60 Å². The maximum absolute atomic E-state index is 12.5. The van der Waals surface area contributed by atoms with Crippen molar-refractivity contribution in [3.05, 3.63) is 35.1 Å². The zero-order chi connectivity index (χ0) is 18.7. The van der Waals surface area contributed by atoms with Crippen LogP contribution in [-0.4, -0.2) is 51.4 Å². The van der Waals surface area contributed by atoms with Crippen molar-refractivity contribution in [3.63, 3.8) is 0 Å². The Labute approximate surface area is 152 Å². The summed E-state index contributed by atoms with van der Waals surface area (Å²) < 4.78 is 5.11. The Kier molecular flexibility index (Phi) is 5.22. The summed E-state index contributed by atoms with van der Waals surface area (Å²) in [7, 11) is 0. The average Bonchev–Trinajstić information content (AvgIpc) is 3.00. The van der Waals surface area contributed by atoms with Crippen LogP contribution in [0.15, 0.2) is 16.9 Å². The molecule has 2 aromatic rings. The monoisotopic (exact) mass is 359 g/mol. The van der Waals surface area contributed by atoms with Gasteiger partial charge in [-0.25, -0.2) is 9.97 Å². The molecule has 140 valence electrons. The number of aliphatic hydroxyl groups is 1. The number of hydrogen-bond donors (Lipinski definition) is 2. The minimum absolute atomic E-state index is 0.167. The molecule has 3 heterocycles. The number of hydrogen-bond acceptors (Lipinski definition) is 7.